The van der Waals surface area contributed by atoms with Crippen molar-refractivity contribution >= 4 is 23.2 Å². The van der Waals surface area contributed by atoms with Crippen LogP contribution < -0.4 is 32.9 Å². The van der Waals surface area contributed by atoms with E-state index in [0.29, 0.717) is 0 Å². The van der Waals surface area contributed by atoms with Gasteiger partial charge in [0.25, 0.3) is 0 Å². The molecule has 1 heterocycles. The molecule has 0 saturated carbocycles. The van der Waals surface area contributed by atoms with E-state index >= 15 is 0 Å². The van der Waals surface area contributed by atoms with Crippen molar-refractivity contribution in [3.63, 3.8) is 0 Å². The maximum atomic E-state index is 5.82. The number of halogens is 1. The Morgan fingerprint density at radius 3 is 1.76 bits per heavy atom. The summed E-state index contributed by atoms with van der Waals surface area (Å²) >= 11 is 0. The Kier molecular flexibility index (Phi) is 13.4. The van der Waals surface area contributed by atoms with Gasteiger partial charge in [-0.15, -0.1) is 0 Å². The van der Waals surface area contributed by atoms with Crippen LogP contribution in [0.15, 0.2) is 115 Å². The van der Waals surface area contributed by atoms with E-state index in [1.807, 2.05) is 0 Å². The Morgan fingerprint density at radius 2 is 1.24 bits per heavy atom. The normalized spacial score (nSPS) is 16.2. The van der Waals surface area contributed by atoms with Crippen LogP contribution in [0.5, 0.6) is 0 Å². The average Bonchev–Trinajstić information content (AvgIpc) is 2.96. The molecule has 2 nitrogen and oxygen atoms in total. The SMILES string of the molecule is C(=C/CCCOC1CCCCO1)/C/C=C\CC[P+](c1ccccc1)(c1ccccc1)c1ccccc1.[Br-]. The number of hydrogen-bond acceptors (Lipinski definition) is 2. The lowest BCUT2D eigenvalue weighted by Crippen LogP contribution is -3.00. The molecule has 0 aromatic heterocycles. The minimum absolute atomic E-state index is 0. The van der Waals surface area contributed by atoms with E-state index in [-0.39, 0.29) is 23.3 Å². The smallest absolute Gasteiger partial charge is 0.157 e. The number of unbranched alkanes of at least 4 members (excludes halogenated alkanes) is 1. The van der Waals surface area contributed by atoms with Crippen LogP contribution in [0.1, 0.15) is 44.9 Å². The summed E-state index contributed by atoms with van der Waals surface area (Å²) in [5.41, 5.74) is 0. The molecule has 1 unspecified atom stereocenters. The van der Waals surface area contributed by atoms with Gasteiger partial charge in [0.2, 0.25) is 0 Å². The quantitative estimate of drug-likeness (QED) is 0.172. The van der Waals surface area contributed by atoms with Crippen molar-refractivity contribution in [2.75, 3.05) is 19.4 Å². The van der Waals surface area contributed by atoms with Crippen molar-refractivity contribution in [3.8, 4) is 0 Å². The molecule has 0 spiro atoms. The first-order valence-electron chi connectivity index (χ1n) is 13.5. The summed E-state index contributed by atoms with van der Waals surface area (Å²) in [5.74, 6) is 0. The van der Waals surface area contributed by atoms with Crippen LogP contribution in [0.4, 0.5) is 0 Å². The van der Waals surface area contributed by atoms with Crippen LogP contribution in [-0.4, -0.2) is 25.7 Å². The minimum Gasteiger partial charge on any atom is -1.00 e. The predicted molar refractivity (Wildman–Crippen MR) is 156 cm³/mol. The summed E-state index contributed by atoms with van der Waals surface area (Å²) in [6.07, 6.45) is 18.0. The van der Waals surface area contributed by atoms with Crippen LogP contribution in [0.25, 0.3) is 0 Å². The highest BCUT2D eigenvalue weighted by molar-refractivity contribution is 7.95. The fraction of sp³-hybridized carbons (Fsp3) is 0.333. The van der Waals surface area contributed by atoms with Crippen LogP contribution >= 0.6 is 7.26 Å². The predicted octanol–water partition coefficient (Wildman–Crippen LogP) is 4.20. The zero-order valence-corrected chi connectivity index (χ0v) is 24.2. The first-order chi connectivity index (χ1) is 17.9. The molecule has 0 radical (unpaired) electrons. The summed E-state index contributed by atoms with van der Waals surface area (Å²) in [7, 11) is -1.73. The standard InChI is InChI=1S/C33H40O2P.BrH/c1(3-5-17-27-34-33-26-16-18-28-35-33)2-4-6-19-29-36(30-20-10-7-11-21-30,31-22-12-8-13-23-31)32-24-14-9-15-25-32;/h1,3-4,6-15,20-25,33H,2,5,16-19,26-29H2;1H/q+1;/p-1/b3-1-,6-4-;. The number of ether oxygens (including phenoxy) is 2. The van der Waals surface area contributed by atoms with E-state index in [1.165, 1.54) is 28.8 Å². The van der Waals surface area contributed by atoms with E-state index in [9.17, 15) is 0 Å². The summed E-state index contributed by atoms with van der Waals surface area (Å²) < 4.78 is 11.4. The molecule has 4 heteroatoms. The van der Waals surface area contributed by atoms with Gasteiger partial charge >= 0.3 is 0 Å². The number of allylic oxidation sites excluding steroid dienone is 4. The molecular weight excluding hydrogens is 539 g/mol. The molecule has 37 heavy (non-hydrogen) atoms. The number of hydrogen-bond donors (Lipinski definition) is 0. The van der Waals surface area contributed by atoms with Gasteiger partial charge in [-0.05, 0) is 74.9 Å². The Morgan fingerprint density at radius 1 is 0.703 bits per heavy atom. The monoisotopic (exact) mass is 578 g/mol. The molecule has 0 bridgehead atoms. The molecule has 3 aromatic carbocycles. The van der Waals surface area contributed by atoms with E-state index < -0.39 is 7.26 Å². The molecule has 1 fully saturated rings. The fourth-order valence-corrected chi connectivity index (χ4v) is 9.16. The third-order valence-corrected chi connectivity index (χ3v) is 11.3. The lowest BCUT2D eigenvalue weighted by Gasteiger charge is -2.27. The third-order valence-electron chi connectivity index (χ3n) is 6.78. The van der Waals surface area contributed by atoms with Crippen molar-refractivity contribution in [1.82, 2.24) is 0 Å². The maximum Gasteiger partial charge on any atom is 0.157 e. The summed E-state index contributed by atoms with van der Waals surface area (Å²) in [6.45, 7) is 1.64. The minimum atomic E-state index is -1.73. The van der Waals surface area contributed by atoms with Crippen molar-refractivity contribution in [3.05, 3.63) is 115 Å². The molecule has 1 aliphatic heterocycles. The van der Waals surface area contributed by atoms with Crippen molar-refractivity contribution in [1.29, 1.82) is 0 Å². The lowest BCUT2D eigenvalue weighted by atomic mass is 10.2. The molecule has 1 atom stereocenters. The van der Waals surface area contributed by atoms with Gasteiger partial charge in [0.05, 0.1) is 12.8 Å². The highest BCUT2D eigenvalue weighted by atomic mass is 79.9. The Bertz CT molecular complexity index is 951. The van der Waals surface area contributed by atoms with E-state index in [1.54, 1.807) is 0 Å². The second-order valence-corrected chi connectivity index (χ2v) is 12.9. The van der Waals surface area contributed by atoms with Crippen molar-refractivity contribution in [2.45, 2.75) is 51.2 Å². The topological polar surface area (TPSA) is 18.5 Å². The highest BCUT2D eigenvalue weighted by Gasteiger charge is 2.44. The van der Waals surface area contributed by atoms with Gasteiger partial charge in [-0.1, -0.05) is 78.9 Å². The van der Waals surface area contributed by atoms with Crippen LogP contribution in [0, 0.1) is 0 Å². The maximum absolute atomic E-state index is 5.82. The van der Waals surface area contributed by atoms with Gasteiger partial charge in [0.15, 0.2) is 6.29 Å². The molecule has 0 amide bonds. The molecule has 0 N–H and O–H groups in total. The summed E-state index contributed by atoms with van der Waals surface area (Å²) in [5, 5.41) is 4.37. The van der Waals surface area contributed by atoms with E-state index in [0.717, 1.165) is 51.5 Å². The Balaban J connectivity index is 0.00000380. The number of rotatable bonds is 13. The van der Waals surface area contributed by atoms with E-state index in [4.69, 9.17) is 9.47 Å². The van der Waals surface area contributed by atoms with Gasteiger partial charge in [-0.2, -0.15) is 0 Å². The van der Waals surface area contributed by atoms with E-state index in [2.05, 4.69) is 115 Å². The average molecular weight is 580 g/mol. The summed E-state index contributed by atoms with van der Waals surface area (Å²) in [6, 6.07) is 33.4. The zero-order valence-electron chi connectivity index (χ0n) is 21.8. The molecule has 0 aliphatic carbocycles. The van der Waals surface area contributed by atoms with Gasteiger partial charge in [-0.25, -0.2) is 0 Å². The van der Waals surface area contributed by atoms with Crippen LogP contribution in [-0.2, 0) is 9.47 Å². The molecule has 1 saturated heterocycles. The first kappa shape index (κ1) is 29.5. The van der Waals surface area contributed by atoms with Gasteiger partial charge in [0, 0.05) is 13.0 Å². The second-order valence-electron chi connectivity index (χ2n) is 9.32. The molecule has 3 aromatic rings. The lowest BCUT2D eigenvalue weighted by molar-refractivity contribution is -0.162. The zero-order chi connectivity index (χ0) is 24.7. The molecule has 4 rings (SSSR count). The molecular formula is C33H40BrO2P. The van der Waals surface area contributed by atoms with Gasteiger partial charge < -0.3 is 26.5 Å². The Hall–Kier alpha value is -2.03. The molecule has 1 aliphatic rings. The van der Waals surface area contributed by atoms with Crippen molar-refractivity contribution < 1.29 is 26.5 Å². The van der Waals surface area contributed by atoms with Crippen LogP contribution in [0.2, 0.25) is 0 Å². The van der Waals surface area contributed by atoms with Crippen LogP contribution in [0.3, 0.4) is 0 Å². The third kappa shape index (κ3) is 8.76. The van der Waals surface area contributed by atoms with Crippen molar-refractivity contribution in [2.24, 2.45) is 0 Å². The highest BCUT2D eigenvalue weighted by Crippen LogP contribution is 2.55. The molecule has 196 valence electrons. The second kappa shape index (κ2) is 16.7. The number of benzene rings is 3. The summed E-state index contributed by atoms with van der Waals surface area (Å²) in [4.78, 5) is 0. The van der Waals surface area contributed by atoms with Gasteiger partial charge in [0.1, 0.15) is 23.2 Å². The Labute approximate surface area is 234 Å². The van der Waals surface area contributed by atoms with Gasteiger partial charge in [-0.3, -0.25) is 0 Å². The first-order valence-corrected chi connectivity index (χ1v) is 15.4. The fourth-order valence-electron chi connectivity index (χ4n) is 4.92. The largest absolute Gasteiger partial charge is 1.00 e.